The number of amides is 1. The Morgan fingerprint density at radius 1 is 1.50 bits per heavy atom. The van der Waals surface area contributed by atoms with Crippen LogP contribution in [-0.4, -0.2) is 36.5 Å². The highest BCUT2D eigenvalue weighted by Crippen LogP contribution is 2.28. The van der Waals surface area contributed by atoms with Gasteiger partial charge in [0.1, 0.15) is 6.10 Å². The molecule has 1 saturated heterocycles. The second kappa shape index (κ2) is 8.73. The van der Waals surface area contributed by atoms with Gasteiger partial charge in [0.25, 0.3) is 0 Å². The fraction of sp³-hybridized carbons (Fsp3) is 0.562. The summed E-state index contributed by atoms with van der Waals surface area (Å²) in [4.78, 5) is 14.3. The highest BCUT2D eigenvalue weighted by molar-refractivity contribution is 6.31. The Kier molecular flexibility index (Phi) is 7.63. The van der Waals surface area contributed by atoms with Gasteiger partial charge in [0.05, 0.1) is 19.2 Å². The summed E-state index contributed by atoms with van der Waals surface area (Å²) in [6.07, 6.45) is 0.714. The van der Waals surface area contributed by atoms with Crippen molar-refractivity contribution >= 4 is 29.9 Å². The van der Waals surface area contributed by atoms with Crippen molar-refractivity contribution in [3.63, 3.8) is 0 Å². The van der Waals surface area contributed by atoms with Gasteiger partial charge in [0.2, 0.25) is 5.91 Å². The third kappa shape index (κ3) is 4.35. The Balaban J connectivity index is 0.00000242. The van der Waals surface area contributed by atoms with Gasteiger partial charge >= 0.3 is 0 Å². The van der Waals surface area contributed by atoms with E-state index in [4.69, 9.17) is 22.1 Å². The molecule has 1 amide bonds. The average Bonchev–Trinajstić information content (AvgIpc) is 2.53. The molecule has 1 heterocycles. The quantitative estimate of drug-likeness (QED) is 0.911. The molecule has 3 atom stereocenters. The van der Waals surface area contributed by atoms with E-state index in [1.165, 1.54) is 0 Å². The summed E-state index contributed by atoms with van der Waals surface area (Å²) in [7, 11) is 0. The van der Waals surface area contributed by atoms with Crippen LogP contribution in [-0.2, 0) is 9.53 Å². The second-order valence-electron chi connectivity index (χ2n) is 5.58. The SMILES string of the molecule is CCC(C)C(N)C(=O)N1CCOC(c2ccccc2Cl)C1.Cl. The Bertz CT molecular complexity index is 499. The largest absolute Gasteiger partial charge is 0.370 e. The number of nitrogens with two attached hydrogens (primary N) is 1. The Morgan fingerprint density at radius 2 is 2.18 bits per heavy atom. The molecule has 1 aromatic carbocycles. The lowest BCUT2D eigenvalue weighted by molar-refractivity contribution is -0.141. The lowest BCUT2D eigenvalue weighted by Crippen LogP contribution is -2.51. The minimum absolute atomic E-state index is 0. The van der Waals surface area contributed by atoms with Gasteiger partial charge in [0.15, 0.2) is 0 Å². The van der Waals surface area contributed by atoms with Crippen molar-refractivity contribution in [2.45, 2.75) is 32.4 Å². The highest BCUT2D eigenvalue weighted by atomic mass is 35.5. The molecule has 0 aromatic heterocycles. The Labute approximate surface area is 143 Å². The van der Waals surface area contributed by atoms with Gasteiger partial charge in [0, 0.05) is 17.1 Å². The van der Waals surface area contributed by atoms with Gasteiger partial charge < -0.3 is 15.4 Å². The third-order valence-corrected chi connectivity index (χ3v) is 4.52. The molecule has 0 radical (unpaired) electrons. The number of hydrogen-bond donors (Lipinski definition) is 1. The van der Waals surface area contributed by atoms with Crippen LogP contribution in [0.4, 0.5) is 0 Å². The predicted molar refractivity (Wildman–Crippen MR) is 91.4 cm³/mol. The van der Waals surface area contributed by atoms with Crippen LogP contribution in [0.5, 0.6) is 0 Å². The molecule has 0 aliphatic carbocycles. The molecule has 4 nitrogen and oxygen atoms in total. The van der Waals surface area contributed by atoms with E-state index in [2.05, 4.69) is 0 Å². The molecule has 2 rings (SSSR count). The number of rotatable bonds is 4. The molecular formula is C16H24Cl2N2O2. The van der Waals surface area contributed by atoms with Gasteiger partial charge in [-0.15, -0.1) is 12.4 Å². The maximum absolute atomic E-state index is 12.5. The van der Waals surface area contributed by atoms with Gasteiger partial charge in [-0.1, -0.05) is 50.1 Å². The number of halogens is 2. The predicted octanol–water partition coefficient (Wildman–Crippen LogP) is 3.04. The minimum atomic E-state index is -0.444. The van der Waals surface area contributed by atoms with E-state index in [0.29, 0.717) is 24.7 Å². The molecule has 1 fully saturated rings. The molecule has 1 aliphatic heterocycles. The van der Waals surface area contributed by atoms with Gasteiger partial charge in [-0.3, -0.25) is 4.79 Å². The lowest BCUT2D eigenvalue weighted by atomic mass is 9.98. The summed E-state index contributed by atoms with van der Waals surface area (Å²) in [5.41, 5.74) is 6.98. The zero-order valence-electron chi connectivity index (χ0n) is 13.0. The monoisotopic (exact) mass is 346 g/mol. The first-order chi connectivity index (χ1) is 10.0. The van der Waals surface area contributed by atoms with Crippen molar-refractivity contribution in [1.82, 2.24) is 4.90 Å². The number of carbonyl (C=O) groups excluding carboxylic acids is 1. The summed E-state index contributed by atoms with van der Waals surface area (Å²) in [6.45, 7) is 5.66. The van der Waals surface area contributed by atoms with Crippen LogP contribution in [0, 0.1) is 5.92 Å². The molecule has 124 valence electrons. The van der Waals surface area contributed by atoms with Crippen molar-refractivity contribution in [3.05, 3.63) is 34.9 Å². The number of ether oxygens (including phenoxy) is 1. The van der Waals surface area contributed by atoms with Crippen LogP contribution in [0.3, 0.4) is 0 Å². The lowest BCUT2D eigenvalue weighted by Gasteiger charge is -2.35. The molecule has 0 saturated carbocycles. The molecule has 22 heavy (non-hydrogen) atoms. The first kappa shape index (κ1) is 19.2. The van der Waals surface area contributed by atoms with Crippen LogP contribution < -0.4 is 5.73 Å². The van der Waals surface area contributed by atoms with E-state index in [0.717, 1.165) is 12.0 Å². The maximum atomic E-state index is 12.5. The van der Waals surface area contributed by atoms with Crippen molar-refractivity contribution in [1.29, 1.82) is 0 Å². The number of nitrogens with zero attached hydrogens (tertiary/aromatic N) is 1. The summed E-state index contributed by atoms with van der Waals surface area (Å²) < 4.78 is 5.77. The van der Waals surface area contributed by atoms with Crippen molar-refractivity contribution in [3.8, 4) is 0 Å². The Morgan fingerprint density at radius 3 is 2.82 bits per heavy atom. The molecule has 1 aliphatic rings. The second-order valence-corrected chi connectivity index (χ2v) is 5.98. The molecule has 6 heteroatoms. The summed E-state index contributed by atoms with van der Waals surface area (Å²) in [5.74, 6) is 0.184. The number of carbonyl (C=O) groups is 1. The minimum Gasteiger partial charge on any atom is -0.370 e. The molecule has 2 N–H and O–H groups in total. The molecular weight excluding hydrogens is 323 g/mol. The van der Waals surface area contributed by atoms with E-state index in [1.54, 1.807) is 4.90 Å². The fourth-order valence-electron chi connectivity index (χ4n) is 2.48. The number of morpholine rings is 1. The van der Waals surface area contributed by atoms with Gasteiger partial charge in [-0.05, 0) is 12.0 Å². The number of benzene rings is 1. The summed E-state index contributed by atoms with van der Waals surface area (Å²) in [5, 5.41) is 0.669. The third-order valence-electron chi connectivity index (χ3n) is 4.17. The van der Waals surface area contributed by atoms with Crippen LogP contribution in [0.2, 0.25) is 5.02 Å². The van der Waals surface area contributed by atoms with Crippen molar-refractivity contribution in [2.24, 2.45) is 11.7 Å². The van der Waals surface area contributed by atoms with Crippen LogP contribution in [0.15, 0.2) is 24.3 Å². The van der Waals surface area contributed by atoms with E-state index < -0.39 is 6.04 Å². The van der Waals surface area contributed by atoms with Gasteiger partial charge in [-0.25, -0.2) is 0 Å². The zero-order valence-corrected chi connectivity index (χ0v) is 14.6. The van der Waals surface area contributed by atoms with E-state index in [9.17, 15) is 4.79 Å². The van der Waals surface area contributed by atoms with E-state index >= 15 is 0 Å². The standard InChI is InChI=1S/C16H23ClN2O2.ClH/c1-3-11(2)15(18)16(20)19-8-9-21-14(10-19)12-6-4-5-7-13(12)17;/h4-7,11,14-15H,3,8-10,18H2,1-2H3;1H. The summed E-state index contributed by atoms with van der Waals surface area (Å²) >= 11 is 6.21. The van der Waals surface area contributed by atoms with E-state index in [1.807, 2.05) is 38.1 Å². The van der Waals surface area contributed by atoms with E-state index in [-0.39, 0.29) is 30.3 Å². The topological polar surface area (TPSA) is 55.6 Å². The zero-order chi connectivity index (χ0) is 15.4. The smallest absolute Gasteiger partial charge is 0.239 e. The molecule has 1 aromatic rings. The van der Waals surface area contributed by atoms with Crippen molar-refractivity contribution in [2.75, 3.05) is 19.7 Å². The number of hydrogen-bond acceptors (Lipinski definition) is 3. The van der Waals surface area contributed by atoms with Crippen LogP contribution in [0.25, 0.3) is 0 Å². The molecule has 0 spiro atoms. The Hall–Kier alpha value is -0.810. The van der Waals surface area contributed by atoms with Crippen molar-refractivity contribution < 1.29 is 9.53 Å². The van der Waals surface area contributed by atoms with Gasteiger partial charge in [-0.2, -0.15) is 0 Å². The van der Waals surface area contributed by atoms with Crippen LogP contribution >= 0.6 is 24.0 Å². The fourth-order valence-corrected chi connectivity index (χ4v) is 2.74. The maximum Gasteiger partial charge on any atom is 0.239 e. The molecule has 0 bridgehead atoms. The first-order valence-corrected chi connectivity index (χ1v) is 7.82. The molecule has 3 unspecified atom stereocenters. The highest BCUT2D eigenvalue weighted by Gasteiger charge is 2.30. The summed E-state index contributed by atoms with van der Waals surface area (Å²) in [6, 6.07) is 7.15. The first-order valence-electron chi connectivity index (χ1n) is 7.45. The normalized spacial score (nSPS) is 20.9. The van der Waals surface area contributed by atoms with Crippen LogP contribution in [0.1, 0.15) is 31.9 Å². The average molecular weight is 347 g/mol.